The summed E-state index contributed by atoms with van der Waals surface area (Å²) in [4.78, 5) is 2.16. The van der Waals surface area contributed by atoms with E-state index in [4.69, 9.17) is 0 Å². The van der Waals surface area contributed by atoms with Gasteiger partial charge in [-0.1, -0.05) is 82.9 Å². The average molecular weight is 452 g/mol. The maximum Gasteiger partial charge on any atom is 0.0889 e. The first-order chi connectivity index (χ1) is 16.2. The van der Waals surface area contributed by atoms with Crippen molar-refractivity contribution in [1.29, 1.82) is 0 Å². The second-order valence-electron chi connectivity index (χ2n) is 9.03. The van der Waals surface area contributed by atoms with Crippen LogP contribution >= 0.6 is 0 Å². The van der Waals surface area contributed by atoms with E-state index in [1.165, 1.54) is 69.8 Å². The summed E-state index contributed by atoms with van der Waals surface area (Å²) < 4.78 is 0. The van der Waals surface area contributed by atoms with E-state index in [2.05, 4.69) is 66.2 Å². The summed E-state index contributed by atoms with van der Waals surface area (Å²) >= 11 is 0. The number of aliphatic hydroxyl groups is 1. The molecule has 182 valence electrons. The second-order valence-corrected chi connectivity index (χ2v) is 9.03. The van der Waals surface area contributed by atoms with Crippen molar-refractivity contribution in [3.05, 3.63) is 53.6 Å². The van der Waals surface area contributed by atoms with Crippen LogP contribution in [0, 0.1) is 6.92 Å². The van der Waals surface area contributed by atoms with Crippen molar-refractivity contribution in [2.45, 2.75) is 91.4 Å². The summed E-state index contributed by atoms with van der Waals surface area (Å²) in [5.74, 6) is 0. The predicted octanol–water partition coefficient (Wildman–Crippen LogP) is 8.69. The third kappa shape index (κ3) is 10.1. The van der Waals surface area contributed by atoms with Crippen LogP contribution in [0.4, 0.5) is 17.1 Å². The number of likely N-dealkylation sites (N-methyl/N-ethyl adjacent to an activating group) is 1. The van der Waals surface area contributed by atoms with E-state index in [1.54, 1.807) is 0 Å². The second kappa shape index (κ2) is 16.4. The molecule has 1 N–H and O–H groups in total. The van der Waals surface area contributed by atoms with Gasteiger partial charge in [0.1, 0.15) is 0 Å². The monoisotopic (exact) mass is 451 g/mol. The minimum absolute atomic E-state index is 0.157. The van der Waals surface area contributed by atoms with E-state index in [0.717, 1.165) is 35.6 Å². The molecule has 0 spiro atoms. The molecule has 0 radical (unpaired) electrons. The number of hydrogen-bond donors (Lipinski definition) is 1. The van der Waals surface area contributed by atoms with Gasteiger partial charge in [0, 0.05) is 18.8 Å². The number of azo groups is 1. The molecule has 0 atom stereocenters. The highest BCUT2D eigenvalue weighted by Crippen LogP contribution is 2.28. The summed E-state index contributed by atoms with van der Waals surface area (Å²) in [5.41, 5.74) is 5.37. The average Bonchev–Trinajstić information content (AvgIpc) is 2.83. The molecule has 0 unspecified atom stereocenters. The minimum Gasteiger partial charge on any atom is -0.395 e. The van der Waals surface area contributed by atoms with Gasteiger partial charge in [0.05, 0.1) is 18.0 Å². The predicted molar refractivity (Wildman–Crippen MR) is 142 cm³/mol. The molecule has 0 bridgehead atoms. The minimum atomic E-state index is 0.157. The quantitative estimate of drug-likeness (QED) is 0.193. The standard InChI is InChI=1S/C29H45N3O/c1-4-6-7-8-9-10-11-12-13-14-17-26-18-15-16-19-29(26)31-30-28-21-20-27(24-25(28)3)32(5-2)22-23-33/h15-16,18-21,24,33H,4-14,17,22-23H2,1-3H3/b31-30+. The molecule has 0 aromatic heterocycles. The number of aryl methyl sites for hydroxylation is 2. The van der Waals surface area contributed by atoms with Crippen LogP contribution in [-0.2, 0) is 6.42 Å². The SMILES string of the molecule is CCCCCCCCCCCCc1ccccc1/N=N/c1ccc(N(CC)CCO)cc1C. The number of hydrogen-bond acceptors (Lipinski definition) is 4. The van der Waals surface area contributed by atoms with Crippen molar-refractivity contribution in [1.82, 2.24) is 0 Å². The summed E-state index contributed by atoms with van der Waals surface area (Å²) in [6.45, 7) is 8.12. The van der Waals surface area contributed by atoms with Gasteiger partial charge in [0.25, 0.3) is 0 Å². The first-order valence-electron chi connectivity index (χ1n) is 13.2. The lowest BCUT2D eigenvalue weighted by atomic mass is 10.0. The lowest BCUT2D eigenvalue weighted by Crippen LogP contribution is -2.26. The van der Waals surface area contributed by atoms with Gasteiger partial charge in [-0.2, -0.15) is 10.2 Å². The molecule has 0 amide bonds. The first-order valence-corrected chi connectivity index (χ1v) is 13.2. The lowest BCUT2D eigenvalue weighted by molar-refractivity contribution is 0.302. The normalized spacial score (nSPS) is 11.4. The molecular formula is C29H45N3O. The zero-order valence-electron chi connectivity index (χ0n) is 21.2. The van der Waals surface area contributed by atoms with E-state index in [0.29, 0.717) is 6.54 Å². The van der Waals surface area contributed by atoms with E-state index in [1.807, 2.05) is 12.1 Å². The van der Waals surface area contributed by atoms with Gasteiger partial charge in [-0.15, -0.1) is 0 Å². The van der Waals surface area contributed by atoms with Crippen LogP contribution in [0.25, 0.3) is 0 Å². The topological polar surface area (TPSA) is 48.2 Å². The molecule has 2 aromatic carbocycles. The summed E-state index contributed by atoms with van der Waals surface area (Å²) in [5, 5.41) is 18.4. The van der Waals surface area contributed by atoms with Crippen molar-refractivity contribution in [2.75, 3.05) is 24.6 Å². The van der Waals surface area contributed by atoms with Crippen LogP contribution in [-0.4, -0.2) is 24.8 Å². The van der Waals surface area contributed by atoms with Crippen LogP contribution in [0.15, 0.2) is 52.7 Å². The van der Waals surface area contributed by atoms with E-state index in [-0.39, 0.29) is 6.61 Å². The zero-order valence-corrected chi connectivity index (χ0v) is 21.2. The fraction of sp³-hybridized carbons (Fsp3) is 0.586. The van der Waals surface area contributed by atoms with Gasteiger partial charge in [-0.05, 0) is 62.1 Å². The third-order valence-electron chi connectivity index (χ3n) is 6.35. The van der Waals surface area contributed by atoms with Gasteiger partial charge in [0.15, 0.2) is 0 Å². The number of rotatable bonds is 17. The van der Waals surface area contributed by atoms with Gasteiger partial charge >= 0.3 is 0 Å². The molecule has 4 heteroatoms. The van der Waals surface area contributed by atoms with Crippen LogP contribution in [0.5, 0.6) is 0 Å². The highest BCUT2D eigenvalue weighted by molar-refractivity contribution is 5.58. The van der Waals surface area contributed by atoms with Crippen LogP contribution < -0.4 is 4.90 Å². The smallest absolute Gasteiger partial charge is 0.0889 e. The lowest BCUT2D eigenvalue weighted by Gasteiger charge is -2.22. The third-order valence-corrected chi connectivity index (χ3v) is 6.35. The number of aliphatic hydroxyl groups excluding tert-OH is 1. The summed E-state index contributed by atoms with van der Waals surface area (Å²) in [6, 6.07) is 14.6. The first kappa shape index (κ1) is 27.0. The summed E-state index contributed by atoms with van der Waals surface area (Å²) in [6.07, 6.45) is 14.6. The maximum atomic E-state index is 9.27. The fourth-order valence-corrected chi connectivity index (χ4v) is 4.27. The van der Waals surface area contributed by atoms with Crippen molar-refractivity contribution in [2.24, 2.45) is 10.2 Å². The van der Waals surface area contributed by atoms with Crippen LogP contribution in [0.3, 0.4) is 0 Å². The zero-order chi connectivity index (χ0) is 23.7. The van der Waals surface area contributed by atoms with Gasteiger partial charge in [-0.3, -0.25) is 0 Å². The molecular weight excluding hydrogens is 406 g/mol. The Morgan fingerprint density at radius 2 is 1.39 bits per heavy atom. The Kier molecular flexibility index (Phi) is 13.5. The number of nitrogens with zero attached hydrogens (tertiary/aromatic N) is 3. The largest absolute Gasteiger partial charge is 0.395 e. The molecule has 2 rings (SSSR count). The summed E-state index contributed by atoms with van der Waals surface area (Å²) in [7, 11) is 0. The Labute approximate surface area is 202 Å². The van der Waals surface area contributed by atoms with E-state index < -0.39 is 0 Å². The number of unbranched alkanes of at least 4 members (excludes halogenated alkanes) is 9. The molecule has 0 saturated carbocycles. The van der Waals surface area contributed by atoms with Crippen molar-refractivity contribution >= 4 is 17.1 Å². The Bertz CT molecular complexity index is 818. The Morgan fingerprint density at radius 1 is 0.758 bits per heavy atom. The van der Waals surface area contributed by atoms with Crippen molar-refractivity contribution in [3.63, 3.8) is 0 Å². The molecule has 0 heterocycles. The van der Waals surface area contributed by atoms with E-state index in [9.17, 15) is 5.11 Å². The Hall–Kier alpha value is -2.20. The van der Waals surface area contributed by atoms with Gasteiger partial charge < -0.3 is 10.0 Å². The van der Waals surface area contributed by atoms with Crippen LogP contribution in [0.2, 0.25) is 0 Å². The number of anilines is 1. The Balaban J connectivity index is 1.84. The van der Waals surface area contributed by atoms with Crippen LogP contribution in [0.1, 0.15) is 89.2 Å². The molecule has 0 saturated heterocycles. The van der Waals surface area contributed by atoms with Crippen molar-refractivity contribution < 1.29 is 5.11 Å². The molecule has 0 aliphatic rings. The van der Waals surface area contributed by atoms with E-state index >= 15 is 0 Å². The molecule has 33 heavy (non-hydrogen) atoms. The fourth-order valence-electron chi connectivity index (χ4n) is 4.27. The molecule has 0 fully saturated rings. The van der Waals surface area contributed by atoms with Gasteiger partial charge in [0.2, 0.25) is 0 Å². The highest BCUT2D eigenvalue weighted by Gasteiger charge is 2.07. The molecule has 0 aliphatic carbocycles. The van der Waals surface area contributed by atoms with Crippen molar-refractivity contribution in [3.8, 4) is 0 Å². The molecule has 4 nitrogen and oxygen atoms in total. The molecule has 0 aliphatic heterocycles. The Morgan fingerprint density at radius 3 is 2.03 bits per heavy atom. The maximum absolute atomic E-state index is 9.27. The highest BCUT2D eigenvalue weighted by atomic mass is 16.3. The molecule has 2 aromatic rings. The number of benzene rings is 2. The van der Waals surface area contributed by atoms with Gasteiger partial charge in [-0.25, -0.2) is 0 Å².